The molecule has 3 N–H and O–H groups in total. The van der Waals surface area contributed by atoms with Crippen LogP contribution in [0.25, 0.3) is 16.9 Å². The van der Waals surface area contributed by atoms with Crippen molar-refractivity contribution in [2.75, 3.05) is 24.1 Å². The number of aromatic nitrogens is 4. The maximum Gasteiger partial charge on any atom is 0.417 e. The summed E-state index contributed by atoms with van der Waals surface area (Å²) in [5.41, 5.74) is 5.62. The fourth-order valence-corrected chi connectivity index (χ4v) is 4.75. The van der Waals surface area contributed by atoms with Crippen molar-refractivity contribution in [1.29, 1.82) is 5.26 Å². The van der Waals surface area contributed by atoms with Crippen LogP contribution in [-0.4, -0.2) is 49.2 Å². The van der Waals surface area contributed by atoms with E-state index in [2.05, 4.69) is 26.8 Å². The zero-order valence-corrected chi connectivity index (χ0v) is 20.8. The lowest BCUT2D eigenvalue weighted by Crippen LogP contribution is -2.26. The second-order valence-electron chi connectivity index (χ2n) is 9.07. The van der Waals surface area contributed by atoms with Gasteiger partial charge < -0.3 is 16.0 Å². The van der Waals surface area contributed by atoms with Crippen LogP contribution >= 0.6 is 0 Å². The molecule has 0 radical (unpaired) electrons. The van der Waals surface area contributed by atoms with Gasteiger partial charge in [-0.15, -0.1) is 0 Å². The van der Waals surface area contributed by atoms with Crippen LogP contribution in [-0.2, 0) is 11.0 Å². The van der Waals surface area contributed by atoms with Gasteiger partial charge in [-0.25, -0.2) is 15.0 Å². The number of nitrogens with two attached hydrogens (primary N) is 1. The third-order valence-electron chi connectivity index (χ3n) is 6.63. The Morgan fingerprint density at radius 3 is 2.67 bits per heavy atom. The summed E-state index contributed by atoms with van der Waals surface area (Å²) < 4.78 is 44.5. The van der Waals surface area contributed by atoms with Crippen LogP contribution in [0.5, 0.6) is 0 Å². The number of nitrogens with zero attached hydrogens (tertiary/aromatic N) is 6. The lowest BCUT2D eigenvalue weighted by molar-refractivity contribution is -0.137. The maximum absolute atomic E-state index is 14.4. The Morgan fingerprint density at radius 1 is 1.18 bits per heavy atom. The number of nitrogens with one attached hydrogen (secondary N) is 1. The summed E-state index contributed by atoms with van der Waals surface area (Å²) in [5.74, 6) is -1.47. The zero-order valence-electron chi connectivity index (χ0n) is 20.8. The van der Waals surface area contributed by atoms with Crippen LogP contribution < -0.4 is 11.1 Å². The number of hydrogen-bond donors (Lipinski definition) is 2. The summed E-state index contributed by atoms with van der Waals surface area (Å²) in [6.45, 7) is 4.28. The minimum Gasteiger partial charge on any atom is -0.369 e. The number of carbonyl (C=O) groups excluding carboxylic acids is 2. The molecule has 2 amide bonds. The number of hydrogen-bond acceptors (Lipinski definition) is 7. The molecule has 4 heterocycles. The number of anilines is 2. The van der Waals surface area contributed by atoms with E-state index in [-0.39, 0.29) is 46.1 Å². The number of nitriles is 1. The average Bonchev–Trinajstić information content (AvgIpc) is 3.58. The molecule has 1 saturated heterocycles. The van der Waals surface area contributed by atoms with E-state index in [1.54, 1.807) is 11.0 Å². The summed E-state index contributed by atoms with van der Waals surface area (Å²) in [7, 11) is 0. The third-order valence-corrected chi connectivity index (χ3v) is 6.63. The molecule has 0 aliphatic carbocycles. The highest BCUT2D eigenvalue weighted by Gasteiger charge is 2.37. The molecule has 10 nitrogen and oxygen atoms in total. The first-order valence-electron chi connectivity index (χ1n) is 12.0. The van der Waals surface area contributed by atoms with Crippen molar-refractivity contribution in [3.63, 3.8) is 0 Å². The number of nitrogen functional groups attached to an aromatic ring is 1. The van der Waals surface area contributed by atoms with E-state index in [9.17, 15) is 22.8 Å². The van der Waals surface area contributed by atoms with Crippen LogP contribution in [0, 0.1) is 11.3 Å². The van der Waals surface area contributed by atoms with Gasteiger partial charge in [0.1, 0.15) is 11.6 Å². The summed E-state index contributed by atoms with van der Waals surface area (Å²) >= 11 is 0. The minimum atomic E-state index is -4.85. The molecule has 0 bridgehead atoms. The Kier molecular flexibility index (Phi) is 6.68. The molecule has 1 unspecified atom stereocenters. The van der Waals surface area contributed by atoms with E-state index >= 15 is 0 Å². The molecule has 1 aromatic carbocycles. The van der Waals surface area contributed by atoms with E-state index in [0.29, 0.717) is 30.7 Å². The first-order chi connectivity index (χ1) is 19.1. The molecule has 0 spiro atoms. The number of carbonyl (C=O) groups is 2. The van der Waals surface area contributed by atoms with Gasteiger partial charge in [0.25, 0.3) is 5.91 Å². The van der Waals surface area contributed by atoms with Crippen molar-refractivity contribution in [1.82, 2.24) is 24.3 Å². The van der Waals surface area contributed by atoms with Gasteiger partial charge in [0.15, 0.2) is 0 Å². The van der Waals surface area contributed by atoms with Gasteiger partial charge in [-0.3, -0.25) is 14.0 Å². The predicted molar refractivity (Wildman–Crippen MR) is 139 cm³/mol. The van der Waals surface area contributed by atoms with Crippen molar-refractivity contribution in [3.8, 4) is 17.5 Å². The fourth-order valence-electron chi connectivity index (χ4n) is 4.75. The van der Waals surface area contributed by atoms with Gasteiger partial charge in [-0.05, 0) is 48.9 Å². The Bertz CT molecular complexity index is 1710. The number of halogens is 3. The number of alkyl halides is 3. The second kappa shape index (κ2) is 10.1. The van der Waals surface area contributed by atoms with E-state index in [1.807, 2.05) is 6.07 Å². The predicted octanol–water partition coefficient (Wildman–Crippen LogP) is 4.02. The van der Waals surface area contributed by atoms with Gasteiger partial charge in [-0.2, -0.15) is 18.4 Å². The number of imidazole rings is 1. The molecule has 3 aromatic heterocycles. The Balaban J connectivity index is 1.58. The van der Waals surface area contributed by atoms with Gasteiger partial charge in [0.2, 0.25) is 11.9 Å². The van der Waals surface area contributed by atoms with Crippen molar-refractivity contribution in [2.45, 2.75) is 18.5 Å². The molecule has 5 rings (SSSR count). The van der Waals surface area contributed by atoms with Gasteiger partial charge in [0.05, 0.1) is 28.4 Å². The largest absolute Gasteiger partial charge is 0.417 e. The van der Waals surface area contributed by atoms with E-state index in [4.69, 9.17) is 11.0 Å². The molecule has 1 aliphatic heterocycles. The number of rotatable bonds is 5. The molecule has 13 heteroatoms. The number of likely N-dealkylation sites (tertiary alicyclic amines) is 1. The van der Waals surface area contributed by atoms with Crippen molar-refractivity contribution >= 4 is 29.1 Å². The third kappa shape index (κ3) is 4.82. The summed E-state index contributed by atoms with van der Waals surface area (Å²) in [5, 5.41) is 11.4. The first kappa shape index (κ1) is 26.4. The number of amides is 2. The monoisotopic (exact) mass is 546 g/mol. The van der Waals surface area contributed by atoms with E-state index in [0.717, 1.165) is 12.1 Å². The average molecular weight is 547 g/mol. The number of pyridine rings is 1. The summed E-state index contributed by atoms with van der Waals surface area (Å²) in [6, 6.07) is 9.36. The molecular formula is C27H21F3N8O2. The lowest BCUT2D eigenvalue weighted by Gasteiger charge is -2.14. The van der Waals surface area contributed by atoms with Crippen LogP contribution in [0.2, 0.25) is 0 Å². The summed E-state index contributed by atoms with van der Waals surface area (Å²) in [6.07, 6.45) is -0.345. The van der Waals surface area contributed by atoms with Crippen LogP contribution in [0.15, 0.2) is 61.4 Å². The lowest BCUT2D eigenvalue weighted by atomic mass is 10.0. The fraction of sp³-hybridized carbons (Fsp3) is 0.185. The first-order valence-corrected chi connectivity index (χ1v) is 12.0. The topological polar surface area (TPSA) is 142 Å². The molecule has 1 fully saturated rings. The van der Waals surface area contributed by atoms with Crippen molar-refractivity contribution in [2.24, 2.45) is 0 Å². The molecular weight excluding hydrogens is 525 g/mol. The highest BCUT2D eigenvalue weighted by Crippen LogP contribution is 2.40. The minimum absolute atomic E-state index is 0.0185. The molecule has 202 valence electrons. The van der Waals surface area contributed by atoms with Gasteiger partial charge in [-0.1, -0.05) is 6.58 Å². The van der Waals surface area contributed by atoms with Crippen molar-refractivity contribution < 1.29 is 22.8 Å². The van der Waals surface area contributed by atoms with Crippen LogP contribution in [0.3, 0.4) is 0 Å². The Hall–Kier alpha value is -5.25. The van der Waals surface area contributed by atoms with E-state index < -0.39 is 17.6 Å². The quantitative estimate of drug-likeness (QED) is 0.360. The maximum atomic E-state index is 14.4. The second-order valence-corrected chi connectivity index (χ2v) is 9.07. The summed E-state index contributed by atoms with van der Waals surface area (Å²) in [4.78, 5) is 39.1. The van der Waals surface area contributed by atoms with Crippen molar-refractivity contribution in [3.05, 3.63) is 83.8 Å². The normalized spacial score (nSPS) is 15.2. The van der Waals surface area contributed by atoms with Gasteiger partial charge in [0, 0.05) is 42.5 Å². The number of benzene rings is 1. The zero-order chi connectivity index (χ0) is 28.6. The molecule has 0 saturated carbocycles. The molecule has 1 aliphatic rings. The Labute approximate surface area is 225 Å². The van der Waals surface area contributed by atoms with E-state index in [1.165, 1.54) is 41.1 Å². The molecule has 4 aromatic rings. The van der Waals surface area contributed by atoms with Gasteiger partial charge >= 0.3 is 6.18 Å². The highest BCUT2D eigenvalue weighted by atomic mass is 19.4. The highest BCUT2D eigenvalue weighted by molar-refractivity contribution is 6.04. The number of fused-ring (bicyclic) bond motifs is 1. The van der Waals surface area contributed by atoms with Crippen LogP contribution in [0.4, 0.5) is 24.9 Å². The SMILES string of the molecule is C=CC(=O)N1CCC(c2nc(-c3ccc(C(=O)Nc4cc(C#N)ccn4)cc3C(F)(F)F)n3c(N)nccc23)C1. The molecule has 1 atom stereocenters. The van der Waals surface area contributed by atoms with Crippen LogP contribution in [0.1, 0.15) is 39.5 Å². The smallest absolute Gasteiger partial charge is 0.369 e. The molecule has 40 heavy (non-hydrogen) atoms. The standard InChI is InChI=1S/C27H21F3N8O2/c1-2-22(39)37-10-7-17(14-37)23-20-6-9-34-26(32)38(20)24(36-23)18-4-3-16(12-19(18)27(28,29)30)25(40)35-21-11-15(13-31)5-8-33-21/h2-6,8-9,11-12,17H,1,7,10,14H2,(H2,32,34)(H,33,35,40). The Morgan fingerprint density at radius 2 is 1.95 bits per heavy atom.